The summed E-state index contributed by atoms with van der Waals surface area (Å²) in [4.78, 5) is 5.96. The Morgan fingerprint density at radius 1 is 1.22 bits per heavy atom. The van der Waals surface area contributed by atoms with Crippen LogP contribution in [0.2, 0.25) is 0 Å². The summed E-state index contributed by atoms with van der Waals surface area (Å²) < 4.78 is 27.2. The van der Waals surface area contributed by atoms with Crippen molar-refractivity contribution in [2.45, 2.75) is 20.3 Å². The molecule has 0 radical (unpaired) electrons. The Kier molecular flexibility index (Phi) is 3.68. The molecule has 2 atom stereocenters. The van der Waals surface area contributed by atoms with Crippen molar-refractivity contribution in [1.29, 1.82) is 0 Å². The Labute approximate surface area is 106 Å². The van der Waals surface area contributed by atoms with Gasteiger partial charge in [-0.05, 0) is 18.3 Å². The maximum absolute atomic E-state index is 13.8. The minimum atomic E-state index is -0.656. The average Bonchev–Trinajstić information content (AvgIpc) is 2.27. The van der Waals surface area contributed by atoms with Gasteiger partial charge in [0, 0.05) is 26.2 Å². The van der Waals surface area contributed by atoms with E-state index in [1.54, 1.807) is 7.05 Å². The van der Waals surface area contributed by atoms with Crippen LogP contribution in [-0.2, 0) is 0 Å². The number of nitrogens with one attached hydrogen (secondary N) is 1. The second-order valence-corrected chi connectivity index (χ2v) is 5.23. The van der Waals surface area contributed by atoms with Crippen molar-refractivity contribution in [2.75, 3.05) is 30.4 Å². The molecule has 0 bridgehead atoms. The van der Waals surface area contributed by atoms with E-state index in [0.717, 1.165) is 25.6 Å². The van der Waals surface area contributed by atoms with Crippen LogP contribution < -0.4 is 10.2 Å². The van der Waals surface area contributed by atoms with Crippen LogP contribution in [0, 0.1) is 23.5 Å². The predicted octanol–water partition coefficient (Wildman–Crippen LogP) is 2.88. The molecule has 1 aliphatic heterocycles. The van der Waals surface area contributed by atoms with Crippen molar-refractivity contribution in [2.24, 2.45) is 11.8 Å². The highest BCUT2D eigenvalue weighted by Crippen LogP contribution is 2.28. The van der Waals surface area contributed by atoms with Crippen LogP contribution in [0.3, 0.4) is 0 Å². The first kappa shape index (κ1) is 13.1. The molecular weight excluding hydrogens is 236 g/mol. The van der Waals surface area contributed by atoms with Gasteiger partial charge in [-0.15, -0.1) is 0 Å². The number of pyridine rings is 1. The van der Waals surface area contributed by atoms with E-state index >= 15 is 0 Å². The van der Waals surface area contributed by atoms with E-state index in [2.05, 4.69) is 24.1 Å². The van der Waals surface area contributed by atoms with Gasteiger partial charge < -0.3 is 10.2 Å². The number of piperidine rings is 1. The highest BCUT2D eigenvalue weighted by molar-refractivity contribution is 5.49. The lowest BCUT2D eigenvalue weighted by Gasteiger charge is -2.36. The molecule has 0 spiro atoms. The molecule has 2 heterocycles. The maximum atomic E-state index is 13.8. The van der Waals surface area contributed by atoms with Gasteiger partial charge in [0.1, 0.15) is 0 Å². The average molecular weight is 255 g/mol. The first-order valence-corrected chi connectivity index (χ1v) is 6.30. The van der Waals surface area contributed by atoms with Gasteiger partial charge in [0.2, 0.25) is 0 Å². The third-order valence-corrected chi connectivity index (χ3v) is 3.32. The molecule has 1 N–H and O–H groups in total. The number of hydrogen-bond acceptors (Lipinski definition) is 3. The van der Waals surface area contributed by atoms with Crippen molar-refractivity contribution in [3.05, 3.63) is 17.7 Å². The van der Waals surface area contributed by atoms with Crippen molar-refractivity contribution in [3.8, 4) is 0 Å². The molecule has 0 amide bonds. The summed E-state index contributed by atoms with van der Waals surface area (Å²) in [5.41, 5.74) is 0. The van der Waals surface area contributed by atoms with Gasteiger partial charge in [0.15, 0.2) is 23.3 Å². The molecular formula is C13H19F2N3. The fraction of sp³-hybridized carbons (Fsp3) is 0.615. The fourth-order valence-corrected chi connectivity index (χ4v) is 2.69. The summed E-state index contributed by atoms with van der Waals surface area (Å²) in [6.07, 6.45) is 1.14. The van der Waals surface area contributed by atoms with E-state index in [-0.39, 0.29) is 11.6 Å². The van der Waals surface area contributed by atoms with Crippen LogP contribution >= 0.6 is 0 Å². The summed E-state index contributed by atoms with van der Waals surface area (Å²) in [6.45, 7) is 5.82. The second kappa shape index (κ2) is 5.08. The van der Waals surface area contributed by atoms with Crippen LogP contribution in [0.1, 0.15) is 20.3 Å². The van der Waals surface area contributed by atoms with E-state index in [0.29, 0.717) is 11.8 Å². The predicted molar refractivity (Wildman–Crippen MR) is 68.9 cm³/mol. The van der Waals surface area contributed by atoms with Crippen molar-refractivity contribution < 1.29 is 8.78 Å². The molecule has 18 heavy (non-hydrogen) atoms. The smallest absolute Gasteiger partial charge is 0.168 e. The number of nitrogens with zero attached hydrogens (tertiary/aromatic N) is 2. The van der Waals surface area contributed by atoms with Gasteiger partial charge in [-0.25, -0.2) is 13.8 Å². The SMILES string of the molecule is CNc1nc(N2CC(C)CC(C)C2)c(F)cc1F. The zero-order valence-electron chi connectivity index (χ0n) is 11.0. The maximum Gasteiger partial charge on any atom is 0.168 e. The van der Waals surface area contributed by atoms with Gasteiger partial charge in [0.25, 0.3) is 0 Å². The Morgan fingerprint density at radius 2 is 1.83 bits per heavy atom. The summed E-state index contributed by atoms with van der Waals surface area (Å²) >= 11 is 0. The van der Waals surface area contributed by atoms with Crippen molar-refractivity contribution in [1.82, 2.24) is 4.98 Å². The molecule has 0 aliphatic carbocycles. The number of hydrogen-bond donors (Lipinski definition) is 1. The minimum absolute atomic E-state index is 0.0947. The zero-order chi connectivity index (χ0) is 13.3. The van der Waals surface area contributed by atoms with Crippen molar-refractivity contribution in [3.63, 3.8) is 0 Å². The lowest BCUT2D eigenvalue weighted by molar-refractivity contribution is 0.352. The minimum Gasteiger partial charge on any atom is -0.371 e. The Balaban J connectivity index is 2.32. The van der Waals surface area contributed by atoms with Gasteiger partial charge in [-0.1, -0.05) is 13.8 Å². The molecule has 1 aromatic heterocycles. The van der Waals surface area contributed by atoms with E-state index in [4.69, 9.17) is 0 Å². The van der Waals surface area contributed by atoms with Crippen LogP contribution in [0.4, 0.5) is 20.4 Å². The molecule has 1 aromatic rings. The van der Waals surface area contributed by atoms with Gasteiger partial charge >= 0.3 is 0 Å². The van der Waals surface area contributed by atoms with E-state index in [1.165, 1.54) is 0 Å². The standard InChI is InChI=1S/C13H19F2N3/c1-8-4-9(2)7-18(6-8)13-11(15)5-10(14)12(16-3)17-13/h5,8-9H,4,6-7H2,1-3H3,(H,16,17). The van der Waals surface area contributed by atoms with Gasteiger partial charge in [-0.2, -0.15) is 0 Å². The largest absolute Gasteiger partial charge is 0.371 e. The number of anilines is 2. The summed E-state index contributed by atoms with van der Waals surface area (Å²) in [6, 6.07) is 0.901. The zero-order valence-corrected chi connectivity index (χ0v) is 11.0. The Hall–Kier alpha value is -1.39. The molecule has 1 fully saturated rings. The molecule has 1 saturated heterocycles. The number of aromatic nitrogens is 1. The first-order chi connectivity index (χ1) is 8.51. The molecule has 2 unspecified atom stereocenters. The number of halogens is 2. The van der Waals surface area contributed by atoms with E-state index in [1.807, 2.05) is 4.90 Å². The monoisotopic (exact) mass is 255 g/mol. The Bertz CT molecular complexity index is 426. The topological polar surface area (TPSA) is 28.2 Å². The quantitative estimate of drug-likeness (QED) is 0.880. The summed E-state index contributed by atoms with van der Waals surface area (Å²) in [5, 5.41) is 2.64. The highest BCUT2D eigenvalue weighted by Gasteiger charge is 2.25. The molecule has 100 valence electrons. The summed E-state index contributed by atoms with van der Waals surface area (Å²) in [5.74, 6) is 0.0946. The third kappa shape index (κ3) is 2.54. The molecule has 1 aliphatic rings. The second-order valence-electron chi connectivity index (χ2n) is 5.23. The van der Waals surface area contributed by atoms with Crippen LogP contribution in [0.15, 0.2) is 6.07 Å². The third-order valence-electron chi connectivity index (χ3n) is 3.32. The lowest BCUT2D eigenvalue weighted by atomic mass is 9.92. The fourth-order valence-electron chi connectivity index (χ4n) is 2.69. The van der Waals surface area contributed by atoms with Gasteiger partial charge in [-0.3, -0.25) is 0 Å². The van der Waals surface area contributed by atoms with Crippen LogP contribution in [-0.4, -0.2) is 25.1 Å². The molecule has 0 aromatic carbocycles. The van der Waals surface area contributed by atoms with Crippen LogP contribution in [0.25, 0.3) is 0 Å². The molecule has 2 rings (SSSR count). The van der Waals surface area contributed by atoms with E-state index < -0.39 is 11.6 Å². The Morgan fingerprint density at radius 3 is 2.39 bits per heavy atom. The van der Waals surface area contributed by atoms with E-state index in [9.17, 15) is 8.78 Å². The van der Waals surface area contributed by atoms with Gasteiger partial charge in [0.05, 0.1) is 0 Å². The number of rotatable bonds is 2. The molecule has 5 heteroatoms. The molecule has 3 nitrogen and oxygen atoms in total. The normalized spacial score (nSPS) is 24.2. The van der Waals surface area contributed by atoms with Crippen molar-refractivity contribution >= 4 is 11.6 Å². The molecule has 0 saturated carbocycles. The first-order valence-electron chi connectivity index (χ1n) is 6.30. The van der Waals surface area contributed by atoms with Crippen LogP contribution in [0.5, 0.6) is 0 Å². The summed E-state index contributed by atoms with van der Waals surface area (Å²) in [7, 11) is 1.58. The lowest BCUT2D eigenvalue weighted by Crippen LogP contribution is -2.39. The highest BCUT2D eigenvalue weighted by atomic mass is 19.1.